The van der Waals surface area contributed by atoms with Crippen LogP contribution in [0.15, 0.2) is 28.4 Å². The summed E-state index contributed by atoms with van der Waals surface area (Å²) in [6, 6.07) is 0. The van der Waals surface area contributed by atoms with E-state index in [-0.39, 0.29) is 0 Å². The Balaban J connectivity index is 2.36. The lowest BCUT2D eigenvalue weighted by molar-refractivity contribution is 0.515. The van der Waals surface area contributed by atoms with Crippen molar-refractivity contribution >= 4 is 5.71 Å². The predicted octanol–water partition coefficient (Wildman–Crippen LogP) is 2.03. The Morgan fingerprint density at radius 3 is 3.08 bits per heavy atom. The van der Waals surface area contributed by atoms with Crippen molar-refractivity contribution in [3.63, 3.8) is 0 Å². The van der Waals surface area contributed by atoms with E-state index in [9.17, 15) is 0 Å². The van der Waals surface area contributed by atoms with Crippen LogP contribution in [-0.4, -0.2) is 12.3 Å². The third kappa shape index (κ3) is 1.25. The molecule has 2 heteroatoms. The topological polar surface area (TPSA) is 38.4 Å². The van der Waals surface area contributed by atoms with E-state index < -0.39 is 0 Å². The lowest BCUT2D eigenvalue weighted by Crippen LogP contribution is -2.20. The predicted molar refractivity (Wildman–Crippen MR) is 55.7 cm³/mol. The molecule has 0 fully saturated rings. The van der Waals surface area contributed by atoms with E-state index >= 15 is 0 Å². The van der Waals surface area contributed by atoms with Gasteiger partial charge in [0.2, 0.25) is 0 Å². The van der Waals surface area contributed by atoms with E-state index in [1.807, 2.05) is 6.92 Å². The minimum atomic E-state index is 0.512. The number of allylic oxidation sites excluding steroid dienone is 2. The van der Waals surface area contributed by atoms with Gasteiger partial charge in [-0.25, -0.2) is 0 Å². The van der Waals surface area contributed by atoms with E-state index in [4.69, 9.17) is 5.73 Å². The molecule has 1 aliphatic carbocycles. The molecule has 2 aliphatic rings. The van der Waals surface area contributed by atoms with Gasteiger partial charge >= 0.3 is 0 Å². The highest BCUT2D eigenvalue weighted by Gasteiger charge is 2.28. The largest absolute Gasteiger partial charge is 0.330 e. The number of nitrogens with zero attached hydrogens (tertiary/aromatic N) is 1. The zero-order valence-electron chi connectivity index (χ0n) is 8.14. The molecule has 1 aliphatic heterocycles. The standard InChI is InChI=1S/C11H16N2/c1-7-8(2)13-10-5-3-4-9(6-12)11(7)10/h9H,1,3-6,12H2,2H3. The normalized spacial score (nSPS) is 27.7. The minimum absolute atomic E-state index is 0.512. The fraction of sp³-hybridized carbons (Fsp3) is 0.545. The lowest BCUT2D eigenvalue weighted by Gasteiger charge is -2.23. The fourth-order valence-electron chi connectivity index (χ4n) is 2.27. The summed E-state index contributed by atoms with van der Waals surface area (Å²) < 4.78 is 0. The molecule has 2 rings (SSSR count). The minimum Gasteiger partial charge on any atom is -0.330 e. The van der Waals surface area contributed by atoms with Crippen molar-refractivity contribution < 1.29 is 0 Å². The lowest BCUT2D eigenvalue weighted by atomic mass is 9.83. The van der Waals surface area contributed by atoms with Gasteiger partial charge < -0.3 is 5.73 Å². The molecule has 0 amide bonds. The Labute approximate surface area is 79.2 Å². The van der Waals surface area contributed by atoms with Crippen LogP contribution in [0.2, 0.25) is 0 Å². The second-order valence-corrected chi connectivity index (χ2v) is 3.86. The van der Waals surface area contributed by atoms with Gasteiger partial charge in [0.25, 0.3) is 0 Å². The third-order valence-corrected chi connectivity index (χ3v) is 3.03. The Morgan fingerprint density at radius 1 is 1.62 bits per heavy atom. The van der Waals surface area contributed by atoms with Crippen LogP contribution < -0.4 is 5.73 Å². The van der Waals surface area contributed by atoms with E-state index in [1.54, 1.807) is 0 Å². The molecule has 0 aromatic heterocycles. The number of aliphatic imine (C=N–C) groups is 1. The molecule has 0 aromatic carbocycles. The zero-order chi connectivity index (χ0) is 9.42. The fourth-order valence-corrected chi connectivity index (χ4v) is 2.27. The highest BCUT2D eigenvalue weighted by molar-refractivity contribution is 6.05. The van der Waals surface area contributed by atoms with Crippen LogP contribution >= 0.6 is 0 Å². The molecule has 70 valence electrons. The summed E-state index contributed by atoms with van der Waals surface area (Å²) in [6.45, 7) is 6.85. The average molecular weight is 176 g/mol. The smallest absolute Gasteiger partial charge is 0.0448 e. The van der Waals surface area contributed by atoms with Crippen LogP contribution in [-0.2, 0) is 0 Å². The molecule has 1 unspecified atom stereocenters. The first-order chi connectivity index (χ1) is 6.24. The summed E-state index contributed by atoms with van der Waals surface area (Å²) in [6.07, 6.45) is 3.55. The number of hydrogen-bond acceptors (Lipinski definition) is 2. The maximum absolute atomic E-state index is 5.74. The summed E-state index contributed by atoms with van der Waals surface area (Å²) in [5.74, 6) is 0.512. The number of nitrogens with two attached hydrogens (primary N) is 1. The van der Waals surface area contributed by atoms with Crippen molar-refractivity contribution in [2.75, 3.05) is 6.54 Å². The molecule has 0 radical (unpaired) electrons. The molecular formula is C11H16N2. The van der Waals surface area contributed by atoms with Gasteiger partial charge in [-0.15, -0.1) is 0 Å². The number of rotatable bonds is 1. The highest BCUT2D eigenvalue weighted by atomic mass is 14.8. The van der Waals surface area contributed by atoms with Crippen LogP contribution in [0.3, 0.4) is 0 Å². The quantitative estimate of drug-likeness (QED) is 0.652. The first-order valence-corrected chi connectivity index (χ1v) is 4.92. The molecule has 0 aromatic rings. The van der Waals surface area contributed by atoms with Crippen LogP contribution in [0, 0.1) is 5.92 Å². The van der Waals surface area contributed by atoms with Crippen molar-refractivity contribution in [1.82, 2.24) is 0 Å². The Hall–Kier alpha value is -0.890. The van der Waals surface area contributed by atoms with Gasteiger partial charge in [0.05, 0.1) is 0 Å². The maximum atomic E-state index is 5.74. The van der Waals surface area contributed by atoms with Crippen molar-refractivity contribution in [1.29, 1.82) is 0 Å². The van der Waals surface area contributed by atoms with Gasteiger partial charge in [-0.05, 0) is 49.8 Å². The molecule has 0 saturated carbocycles. The maximum Gasteiger partial charge on any atom is 0.0448 e. The third-order valence-electron chi connectivity index (χ3n) is 3.03. The summed E-state index contributed by atoms with van der Waals surface area (Å²) in [5, 5.41) is 0. The van der Waals surface area contributed by atoms with Crippen molar-refractivity contribution in [3.8, 4) is 0 Å². The SMILES string of the molecule is C=C1C(C)=NC2=C1C(CN)CCC2. The van der Waals surface area contributed by atoms with Gasteiger partial charge in [0.1, 0.15) is 0 Å². The first kappa shape index (κ1) is 8.70. The van der Waals surface area contributed by atoms with E-state index in [0.717, 1.165) is 24.3 Å². The molecule has 2 N–H and O–H groups in total. The summed E-state index contributed by atoms with van der Waals surface area (Å²) >= 11 is 0. The van der Waals surface area contributed by atoms with Crippen molar-refractivity contribution in [3.05, 3.63) is 23.4 Å². The average Bonchev–Trinajstić information content (AvgIpc) is 2.43. The molecular weight excluding hydrogens is 160 g/mol. The van der Waals surface area contributed by atoms with E-state index in [0.29, 0.717) is 5.92 Å². The molecule has 0 saturated heterocycles. The van der Waals surface area contributed by atoms with Crippen LogP contribution in [0.4, 0.5) is 0 Å². The molecule has 1 atom stereocenters. The van der Waals surface area contributed by atoms with Gasteiger partial charge in [-0.3, -0.25) is 4.99 Å². The van der Waals surface area contributed by atoms with E-state index in [1.165, 1.54) is 24.1 Å². The molecule has 13 heavy (non-hydrogen) atoms. The van der Waals surface area contributed by atoms with E-state index in [2.05, 4.69) is 11.6 Å². The molecule has 0 spiro atoms. The van der Waals surface area contributed by atoms with Crippen LogP contribution in [0.5, 0.6) is 0 Å². The summed E-state index contributed by atoms with van der Waals surface area (Å²) in [4.78, 5) is 4.53. The van der Waals surface area contributed by atoms with Gasteiger partial charge in [-0.2, -0.15) is 0 Å². The van der Waals surface area contributed by atoms with Gasteiger partial charge in [0, 0.05) is 11.4 Å². The van der Waals surface area contributed by atoms with Crippen LogP contribution in [0.1, 0.15) is 26.2 Å². The first-order valence-electron chi connectivity index (χ1n) is 4.92. The van der Waals surface area contributed by atoms with Crippen molar-refractivity contribution in [2.45, 2.75) is 26.2 Å². The van der Waals surface area contributed by atoms with Crippen molar-refractivity contribution in [2.24, 2.45) is 16.6 Å². The summed E-state index contributed by atoms with van der Waals surface area (Å²) in [5.41, 5.74) is 10.6. The second kappa shape index (κ2) is 3.11. The zero-order valence-corrected chi connectivity index (χ0v) is 8.14. The summed E-state index contributed by atoms with van der Waals surface area (Å²) in [7, 11) is 0. The molecule has 1 heterocycles. The molecule has 2 nitrogen and oxygen atoms in total. The Morgan fingerprint density at radius 2 is 2.38 bits per heavy atom. The Kier molecular flexibility index (Phi) is 2.08. The molecule has 0 bridgehead atoms. The van der Waals surface area contributed by atoms with Crippen LogP contribution in [0.25, 0.3) is 0 Å². The van der Waals surface area contributed by atoms with Gasteiger partial charge in [0.15, 0.2) is 0 Å². The van der Waals surface area contributed by atoms with Gasteiger partial charge in [-0.1, -0.05) is 6.58 Å². The monoisotopic (exact) mass is 176 g/mol. The number of hydrogen-bond donors (Lipinski definition) is 1. The highest BCUT2D eigenvalue weighted by Crippen LogP contribution is 2.38. The second-order valence-electron chi connectivity index (χ2n) is 3.86. The Bertz CT molecular complexity index is 310.